The Morgan fingerprint density at radius 2 is 0.850 bits per heavy atom. The van der Waals surface area contributed by atoms with Crippen molar-refractivity contribution in [1.82, 2.24) is 0 Å². The summed E-state index contributed by atoms with van der Waals surface area (Å²) in [6, 6.07) is 0. The van der Waals surface area contributed by atoms with Gasteiger partial charge < -0.3 is 9.47 Å². The van der Waals surface area contributed by atoms with Crippen molar-refractivity contribution in [3.05, 3.63) is 0 Å². The molecule has 0 aliphatic heterocycles. The van der Waals surface area contributed by atoms with Crippen LogP contribution in [0.4, 0.5) is 17.6 Å². The van der Waals surface area contributed by atoms with Gasteiger partial charge in [0, 0.05) is 0 Å². The van der Waals surface area contributed by atoms with Crippen LogP contribution >= 0.6 is 0 Å². The highest BCUT2D eigenvalue weighted by Crippen LogP contribution is 2.65. The van der Waals surface area contributed by atoms with Gasteiger partial charge in [-0.3, -0.25) is 0 Å². The third-order valence-corrected chi connectivity index (χ3v) is 13.2. The number of alkyl halides is 4. The highest BCUT2D eigenvalue weighted by atomic mass is 19.3. The Morgan fingerprint density at radius 3 is 1.07 bits per heavy atom. The number of esters is 2. The lowest BCUT2D eigenvalue weighted by Crippen LogP contribution is -2.65. The van der Waals surface area contributed by atoms with Gasteiger partial charge in [0.1, 0.15) is 11.2 Å². The molecule has 0 heterocycles. The van der Waals surface area contributed by atoms with Gasteiger partial charge in [0.25, 0.3) is 0 Å². The molecule has 0 unspecified atom stereocenters. The Kier molecular flexibility index (Phi) is 6.89. The van der Waals surface area contributed by atoms with E-state index in [1.54, 1.807) is 0 Å². The minimum absolute atomic E-state index is 0.102. The summed E-state index contributed by atoms with van der Waals surface area (Å²) in [6.07, 6.45) is 8.11. The van der Waals surface area contributed by atoms with E-state index in [0.717, 1.165) is 51.4 Å². The summed E-state index contributed by atoms with van der Waals surface area (Å²) in [5, 5.41) is 0. The quantitative estimate of drug-likeness (QED) is 0.209. The molecule has 0 amide bonds. The summed E-state index contributed by atoms with van der Waals surface area (Å²) in [5.74, 6) is -12.6. The molecule has 8 aliphatic rings. The van der Waals surface area contributed by atoms with Crippen molar-refractivity contribution in [1.29, 1.82) is 0 Å². The Morgan fingerprint density at radius 1 is 0.600 bits per heavy atom. The van der Waals surface area contributed by atoms with Crippen LogP contribution < -0.4 is 0 Å². The molecule has 8 saturated carbocycles. The molecular formula is C32H46F4O4. The van der Waals surface area contributed by atoms with Crippen molar-refractivity contribution in [2.45, 2.75) is 128 Å². The van der Waals surface area contributed by atoms with Gasteiger partial charge in [0.05, 0.1) is 0 Å². The van der Waals surface area contributed by atoms with E-state index in [9.17, 15) is 9.59 Å². The van der Waals surface area contributed by atoms with Crippen LogP contribution in [0.25, 0.3) is 0 Å². The molecule has 8 aliphatic carbocycles. The predicted octanol–water partition coefficient (Wildman–Crippen LogP) is 7.83. The molecule has 0 atom stereocenters. The average Bonchev–Trinajstić information content (AvgIpc) is 2.87. The third-order valence-electron chi connectivity index (χ3n) is 13.2. The molecule has 8 bridgehead atoms. The van der Waals surface area contributed by atoms with Crippen molar-refractivity contribution in [2.75, 3.05) is 0 Å². The molecule has 0 saturated heterocycles. The number of carbonyl (C=O) groups excluding carboxylic acids is 2. The van der Waals surface area contributed by atoms with E-state index in [1.807, 2.05) is 13.8 Å². The van der Waals surface area contributed by atoms with Gasteiger partial charge in [-0.25, -0.2) is 9.59 Å². The molecular weight excluding hydrogens is 524 g/mol. The molecule has 8 fully saturated rings. The van der Waals surface area contributed by atoms with Crippen LogP contribution in [0.2, 0.25) is 0 Å². The molecule has 40 heavy (non-hydrogen) atoms. The van der Waals surface area contributed by atoms with E-state index in [-0.39, 0.29) is 23.7 Å². The number of hydrogen-bond donors (Lipinski definition) is 0. The van der Waals surface area contributed by atoms with E-state index >= 15 is 17.6 Å². The summed E-state index contributed by atoms with van der Waals surface area (Å²) >= 11 is 0. The fraction of sp³-hybridized carbons (Fsp3) is 0.938. The fourth-order valence-electron chi connectivity index (χ4n) is 11.2. The zero-order valence-corrected chi connectivity index (χ0v) is 24.4. The minimum atomic E-state index is -5.30. The first-order valence-corrected chi connectivity index (χ1v) is 16.0. The summed E-state index contributed by atoms with van der Waals surface area (Å²) in [6.45, 7) is 8.26. The topological polar surface area (TPSA) is 52.6 Å². The van der Waals surface area contributed by atoms with Crippen LogP contribution in [-0.4, -0.2) is 35.0 Å². The maximum atomic E-state index is 15.5. The lowest BCUT2D eigenvalue weighted by Gasteiger charge is -2.63. The first-order chi connectivity index (χ1) is 18.8. The zero-order chi connectivity index (χ0) is 28.8. The maximum Gasteiger partial charge on any atom is 0.415 e. The van der Waals surface area contributed by atoms with Gasteiger partial charge in [-0.1, -0.05) is 40.5 Å². The van der Waals surface area contributed by atoms with Gasteiger partial charge in [0.15, 0.2) is 0 Å². The second-order valence-electron chi connectivity index (χ2n) is 14.8. The van der Waals surface area contributed by atoms with Gasteiger partial charge in [-0.05, 0) is 123 Å². The SMILES string of the molecule is CCCC1(OC(=O)C(F)(F)C(F)(F)C(=O)OC2(CCC)C3CC4CC2CC(C3)C4C)C2CC3CC1CC(C2)C3C. The number of ether oxygens (including phenoxy) is 2. The van der Waals surface area contributed by atoms with E-state index in [0.29, 0.717) is 61.2 Å². The Hall–Kier alpha value is -1.34. The Labute approximate surface area is 235 Å². The van der Waals surface area contributed by atoms with Gasteiger partial charge in [0.2, 0.25) is 0 Å². The number of rotatable bonds is 9. The summed E-state index contributed by atoms with van der Waals surface area (Å²) in [7, 11) is 0. The summed E-state index contributed by atoms with van der Waals surface area (Å²) in [5.41, 5.74) is -2.33. The Balaban J connectivity index is 1.22. The second-order valence-corrected chi connectivity index (χ2v) is 14.8. The van der Waals surface area contributed by atoms with Crippen LogP contribution in [0, 0.1) is 59.2 Å². The smallest absolute Gasteiger partial charge is 0.415 e. The minimum Gasteiger partial charge on any atom is -0.454 e. The van der Waals surface area contributed by atoms with E-state index in [1.165, 1.54) is 0 Å². The van der Waals surface area contributed by atoms with E-state index in [2.05, 4.69) is 13.8 Å². The third kappa shape index (κ3) is 3.88. The highest BCUT2D eigenvalue weighted by molar-refractivity contribution is 5.90. The van der Waals surface area contributed by atoms with Crippen molar-refractivity contribution >= 4 is 11.9 Å². The van der Waals surface area contributed by atoms with Crippen LogP contribution in [0.1, 0.15) is 105 Å². The standard InChI is InChI=1S/C32H46F4O4/c1-5-7-29(23-9-19-10-24(29)12-20(11-23)17(19)3)39-27(37)31(33,34)32(35,36)28(38)40-30(8-6-2)25-13-21-14-26(30)16-22(15-25)18(21)4/h17-26H,5-16H2,1-4H3. The zero-order valence-electron chi connectivity index (χ0n) is 24.4. The molecule has 8 heteroatoms. The molecule has 0 aromatic rings. The number of hydrogen-bond acceptors (Lipinski definition) is 4. The number of carbonyl (C=O) groups is 2. The summed E-state index contributed by atoms with van der Waals surface area (Å²) < 4.78 is 73.1. The first-order valence-electron chi connectivity index (χ1n) is 16.0. The van der Waals surface area contributed by atoms with Crippen LogP contribution in [0.3, 0.4) is 0 Å². The molecule has 8 rings (SSSR count). The summed E-state index contributed by atoms with van der Waals surface area (Å²) in [4.78, 5) is 26.1. The van der Waals surface area contributed by atoms with Gasteiger partial charge >= 0.3 is 23.8 Å². The molecule has 226 valence electrons. The van der Waals surface area contributed by atoms with Crippen molar-refractivity contribution in [3.8, 4) is 0 Å². The molecule has 0 radical (unpaired) electrons. The van der Waals surface area contributed by atoms with E-state index < -0.39 is 35.0 Å². The molecule has 0 N–H and O–H groups in total. The van der Waals surface area contributed by atoms with Crippen molar-refractivity contribution in [3.63, 3.8) is 0 Å². The van der Waals surface area contributed by atoms with Crippen LogP contribution in [0.5, 0.6) is 0 Å². The normalized spacial score (nSPS) is 47.0. The largest absolute Gasteiger partial charge is 0.454 e. The fourth-order valence-corrected chi connectivity index (χ4v) is 11.2. The molecule has 0 aromatic heterocycles. The van der Waals surface area contributed by atoms with Gasteiger partial charge in [-0.15, -0.1) is 0 Å². The van der Waals surface area contributed by atoms with E-state index in [4.69, 9.17) is 9.47 Å². The monoisotopic (exact) mass is 570 g/mol. The number of halogens is 4. The van der Waals surface area contributed by atoms with Crippen LogP contribution in [0.15, 0.2) is 0 Å². The average molecular weight is 571 g/mol. The van der Waals surface area contributed by atoms with Gasteiger partial charge in [-0.2, -0.15) is 17.6 Å². The second kappa shape index (κ2) is 9.59. The first kappa shape index (κ1) is 28.8. The van der Waals surface area contributed by atoms with Crippen LogP contribution in [-0.2, 0) is 19.1 Å². The predicted molar refractivity (Wildman–Crippen MR) is 141 cm³/mol. The molecule has 4 nitrogen and oxygen atoms in total. The molecule has 0 spiro atoms. The van der Waals surface area contributed by atoms with Crippen molar-refractivity contribution in [2.24, 2.45) is 59.2 Å². The lowest BCUT2D eigenvalue weighted by molar-refractivity contribution is -0.277. The maximum absolute atomic E-state index is 15.5. The highest BCUT2D eigenvalue weighted by Gasteiger charge is 2.73. The Bertz CT molecular complexity index is 884. The lowest BCUT2D eigenvalue weighted by atomic mass is 9.46. The molecule has 0 aromatic carbocycles. The van der Waals surface area contributed by atoms with Crippen molar-refractivity contribution < 1.29 is 36.6 Å².